The van der Waals surface area contributed by atoms with Crippen LogP contribution in [0.4, 0.5) is 0 Å². The van der Waals surface area contributed by atoms with Crippen molar-refractivity contribution >= 4 is 27.2 Å². The van der Waals surface area contributed by atoms with Crippen molar-refractivity contribution < 1.29 is 9.90 Å². The number of hydrogen-bond donors (Lipinski definition) is 2. The number of aliphatic carboxylic acids is 1. The molecule has 0 aromatic heterocycles. The van der Waals surface area contributed by atoms with Crippen molar-refractivity contribution in [2.75, 3.05) is 0 Å². The average Bonchev–Trinajstić information content (AvgIpc) is 2.08. The van der Waals surface area contributed by atoms with Gasteiger partial charge in [-0.15, -0.1) is 0 Å². The molecule has 1 unspecified atom stereocenters. The minimum atomic E-state index is -0.948. The minimum absolute atomic E-state index is 0.407. The summed E-state index contributed by atoms with van der Waals surface area (Å²) in [5, 5.41) is 8.61. The van der Waals surface area contributed by atoms with Gasteiger partial charge in [-0.05, 0) is 0 Å². The molecular formula is C9H12AsNO2. The Morgan fingerprint density at radius 3 is 2.69 bits per heavy atom. The van der Waals surface area contributed by atoms with Crippen LogP contribution in [0.15, 0.2) is 24.3 Å². The fourth-order valence-electron chi connectivity index (χ4n) is 1.04. The van der Waals surface area contributed by atoms with Gasteiger partial charge in [-0.2, -0.15) is 0 Å². The van der Waals surface area contributed by atoms with E-state index in [1.54, 1.807) is 0 Å². The number of rotatable bonds is 3. The summed E-state index contributed by atoms with van der Waals surface area (Å²) in [5.74, 6) is -0.948. The number of nitrogens with two attached hydrogens (primary N) is 1. The van der Waals surface area contributed by atoms with Gasteiger partial charge in [-0.3, -0.25) is 0 Å². The summed E-state index contributed by atoms with van der Waals surface area (Å²) in [5.41, 5.74) is 6.45. The Kier molecular flexibility index (Phi) is 3.52. The van der Waals surface area contributed by atoms with E-state index in [-0.39, 0.29) is 0 Å². The summed E-state index contributed by atoms with van der Waals surface area (Å²) < 4.78 is 1.15. The molecule has 0 saturated heterocycles. The molecule has 0 aliphatic rings. The van der Waals surface area contributed by atoms with Gasteiger partial charge in [0.25, 0.3) is 0 Å². The zero-order chi connectivity index (χ0) is 9.84. The molecule has 0 aliphatic heterocycles. The molecule has 70 valence electrons. The standard InChI is InChI=1S/C9H12AsNO2/c10-7-4-2-1-3-6(7)5-8(11)9(12)13/h1-4,8H,5,10-11H2,(H,12,13)/t8-/m0/s1. The van der Waals surface area contributed by atoms with Crippen molar-refractivity contribution in [2.45, 2.75) is 12.5 Å². The van der Waals surface area contributed by atoms with Crippen molar-refractivity contribution in [3.63, 3.8) is 0 Å². The third kappa shape index (κ3) is 2.87. The molecule has 0 spiro atoms. The molecule has 0 aliphatic carbocycles. The summed E-state index contributed by atoms with van der Waals surface area (Å²) in [6, 6.07) is 6.93. The molecule has 3 nitrogen and oxygen atoms in total. The molecule has 1 aromatic carbocycles. The first-order chi connectivity index (χ1) is 6.11. The Balaban J connectivity index is 2.74. The maximum absolute atomic E-state index is 10.5. The van der Waals surface area contributed by atoms with Gasteiger partial charge in [-0.1, -0.05) is 0 Å². The van der Waals surface area contributed by atoms with Gasteiger partial charge < -0.3 is 0 Å². The van der Waals surface area contributed by atoms with E-state index in [4.69, 9.17) is 10.8 Å². The SMILES string of the molecule is N[C@@H](Cc1ccccc1[AsH2])C(=O)O. The first-order valence-electron chi connectivity index (χ1n) is 3.93. The number of hydrogen-bond acceptors (Lipinski definition) is 2. The summed E-state index contributed by atoms with van der Waals surface area (Å²) in [6.07, 6.45) is 0.407. The quantitative estimate of drug-likeness (QED) is 0.660. The second kappa shape index (κ2) is 4.45. The van der Waals surface area contributed by atoms with Gasteiger partial charge in [0.1, 0.15) is 0 Å². The van der Waals surface area contributed by atoms with E-state index in [0.717, 1.165) is 9.91 Å². The van der Waals surface area contributed by atoms with Crippen LogP contribution in [0.1, 0.15) is 5.56 Å². The van der Waals surface area contributed by atoms with Gasteiger partial charge in [0, 0.05) is 0 Å². The Morgan fingerprint density at radius 2 is 2.15 bits per heavy atom. The van der Waals surface area contributed by atoms with Crippen LogP contribution < -0.4 is 10.1 Å². The Labute approximate surface area is 85.4 Å². The average molecular weight is 241 g/mol. The third-order valence-electron chi connectivity index (χ3n) is 1.81. The molecule has 0 saturated carbocycles. The molecule has 0 fully saturated rings. The van der Waals surface area contributed by atoms with Crippen LogP contribution in [0.5, 0.6) is 0 Å². The number of carboxylic acids is 1. The molecule has 13 heavy (non-hydrogen) atoms. The van der Waals surface area contributed by atoms with Crippen LogP contribution in [0.2, 0.25) is 0 Å². The molecule has 0 amide bonds. The van der Waals surface area contributed by atoms with Gasteiger partial charge in [0.15, 0.2) is 0 Å². The first kappa shape index (κ1) is 10.3. The summed E-state index contributed by atoms with van der Waals surface area (Å²) in [6.45, 7) is 0. The third-order valence-corrected chi connectivity index (χ3v) is 2.99. The van der Waals surface area contributed by atoms with Gasteiger partial charge in [0.2, 0.25) is 0 Å². The van der Waals surface area contributed by atoms with E-state index in [9.17, 15) is 4.79 Å². The molecule has 2 atom stereocenters. The second-order valence-corrected chi connectivity index (χ2v) is 4.15. The topological polar surface area (TPSA) is 63.3 Å². The van der Waals surface area contributed by atoms with Crippen LogP contribution in [-0.4, -0.2) is 34.0 Å². The predicted octanol–water partition coefficient (Wildman–Crippen LogP) is -1.10. The molecule has 0 heterocycles. The fourth-order valence-corrected chi connectivity index (χ4v) is 1.73. The van der Waals surface area contributed by atoms with E-state index in [1.165, 1.54) is 16.9 Å². The summed E-state index contributed by atoms with van der Waals surface area (Å²) >= 11 is 1.49. The van der Waals surface area contributed by atoms with Gasteiger partial charge in [0.05, 0.1) is 0 Å². The molecule has 1 aromatic rings. The van der Waals surface area contributed by atoms with Crippen LogP contribution in [0.3, 0.4) is 0 Å². The van der Waals surface area contributed by atoms with Crippen molar-refractivity contribution in [1.29, 1.82) is 0 Å². The van der Waals surface area contributed by atoms with Crippen LogP contribution in [0.25, 0.3) is 0 Å². The second-order valence-electron chi connectivity index (χ2n) is 2.85. The molecule has 3 N–H and O–H groups in total. The monoisotopic (exact) mass is 241 g/mol. The summed E-state index contributed by atoms with van der Waals surface area (Å²) in [4.78, 5) is 10.5. The Bertz CT molecular complexity index is 314. The van der Waals surface area contributed by atoms with Crippen molar-refractivity contribution in [2.24, 2.45) is 5.73 Å². The number of carbonyl (C=O) groups is 1. The molecule has 0 radical (unpaired) electrons. The van der Waals surface area contributed by atoms with Crippen molar-refractivity contribution in [1.82, 2.24) is 0 Å². The Morgan fingerprint density at radius 1 is 1.54 bits per heavy atom. The van der Waals surface area contributed by atoms with Crippen LogP contribution in [-0.2, 0) is 11.2 Å². The van der Waals surface area contributed by atoms with E-state index < -0.39 is 12.0 Å². The first-order valence-corrected chi connectivity index (χ1v) is 5.14. The molecular weight excluding hydrogens is 229 g/mol. The van der Waals surface area contributed by atoms with E-state index in [0.29, 0.717) is 6.42 Å². The normalized spacial score (nSPS) is 12.5. The van der Waals surface area contributed by atoms with Crippen LogP contribution >= 0.6 is 0 Å². The van der Waals surface area contributed by atoms with Crippen molar-refractivity contribution in [3.05, 3.63) is 29.8 Å². The van der Waals surface area contributed by atoms with E-state index in [2.05, 4.69) is 0 Å². The number of carboxylic acid groups (broad SMARTS) is 1. The van der Waals surface area contributed by atoms with E-state index in [1.807, 2.05) is 24.3 Å². The molecule has 0 bridgehead atoms. The molecule has 4 heteroatoms. The van der Waals surface area contributed by atoms with Gasteiger partial charge in [-0.25, -0.2) is 0 Å². The summed E-state index contributed by atoms with van der Waals surface area (Å²) in [7, 11) is 0. The maximum atomic E-state index is 10.5. The van der Waals surface area contributed by atoms with E-state index >= 15 is 0 Å². The molecule has 1 rings (SSSR count). The van der Waals surface area contributed by atoms with Crippen molar-refractivity contribution in [3.8, 4) is 0 Å². The number of benzene rings is 1. The van der Waals surface area contributed by atoms with Gasteiger partial charge >= 0.3 is 85.1 Å². The zero-order valence-corrected chi connectivity index (χ0v) is 9.53. The zero-order valence-electron chi connectivity index (χ0n) is 7.10. The van der Waals surface area contributed by atoms with Crippen LogP contribution in [0, 0.1) is 0 Å². The fraction of sp³-hybridized carbons (Fsp3) is 0.222. The Hall–Kier alpha value is -0.792. The predicted molar refractivity (Wildman–Crippen MR) is 53.9 cm³/mol.